The Balaban J connectivity index is 1.78. The maximum absolute atomic E-state index is 4.34. The van der Waals surface area contributed by atoms with E-state index in [4.69, 9.17) is 0 Å². The van der Waals surface area contributed by atoms with Crippen LogP contribution in [0.25, 0.3) is 0 Å². The van der Waals surface area contributed by atoms with Gasteiger partial charge in [-0.1, -0.05) is 6.07 Å². The second kappa shape index (κ2) is 6.05. The highest BCUT2D eigenvalue weighted by Crippen LogP contribution is 2.18. The van der Waals surface area contributed by atoms with Crippen molar-refractivity contribution in [3.63, 3.8) is 0 Å². The fourth-order valence-electron chi connectivity index (χ4n) is 1.92. The first-order valence-electron chi connectivity index (χ1n) is 6.26. The number of likely N-dealkylation sites (N-methyl/N-ethyl adjacent to an activating group) is 1. The van der Waals surface area contributed by atoms with Gasteiger partial charge in [0, 0.05) is 31.6 Å². The lowest BCUT2D eigenvalue weighted by Gasteiger charge is -2.31. The van der Waals surface area contributed by atoms with Crippen LogP contribution in [0, 0.1) is 0 Å². The summed E-state index contributed by atoms with van der Waals surface area (Å²) in [6.45, 7) is 1.02. The van der Waals surface area contributed by atoms with Gasteiger partial charge in [-0.2, -0.15) is 0 Å². The van der Waals surface area contributed by atoms with Crippen LogP contribution < -0.4 is 5.32 Å². The third kappa shape index (κ3) is 3.46. The molecular formula is C13H21N3S. The maximum Gasteiger partial charge on any atom is 0.193 e. The van der Waals surface area contributed by atoms with E-state index < -0.39 is 0 Å². The van der Waals surface area contributed by atoms with Gasteiger partial charge < -0.3 is 10.2 Å². The van der Waals surface area contributed by atoms with Gasteiger partial charge in [-0.3, -0.25) is 4.99 Å². The molecule has 0 bridgehead atoms. The second-order valence-electron chi connectivity index (χ2n) is 4.57. The lowest BCUT2D eigenvalue weighted by atomic mass is 9.93. The Hall–Kier alpha value is -1.03. The fourth-order valence-corrected chi connectivity index (χ4v) is 2.62. The summed E-state index contributed by atoms with van der Waals surface area (Å²) < 4.78 is 0. The number of nitrogens with one attached hydrogen (secondary N) is 1. The predicted octanol–water partition coefficient (Wildman–Crippen LogP) is 2.35. The molecule has 17 heavy (non-hydrogen) atoms. The number of rotatable bonds is 4. The average Bonchev–Trinajstić information content (AvgIpc) is 2.77. The Morgan fingerprint density at radius 1 is 1.59 bits per heavy atom. The SMILES string of the molecule is CN=C(NC1CCC1)N(C)CCc1cccs1. The molecular weight excluding hydrogens is 230 g/mol. The van der Waals surface area contributed by atoms with Gasteiger partial charge in [-0.05, 0) is 37.1 Å². The lowest BCUT2D eigenvalue weighted by molar-refractivity contribution is 0.362. The highest BCUT2D eigenvalue weighted by atomic mass is 32.1. The molecule has 1 fully saturated rings. The quantitative estimate of drug-likeness (QED) is 0.657. The molecule has 0 aromatic carbocycles. The Kier molecular flexibility index (Phi) is 4.42. The summed E-state index contributed by atoms with van der Waals surface area (Å²) >= 11 is 1.83. The first-order valence-corrected chi connectivity index (χ1v) is 7.14. The van der Waals surface area contributed by atoms with Crippen molar-refractivity contribution in [3.05, 3.63) is 22.4 Å². The van der Waals surface area contributed by atoms with Gasteiger partial charge in [-0.15, -0.1) is 11.3 Å². The molecule has 2 rings (SSSR count). The third-order valence-electron chi connectivity index (χ3n) is 3.29. The van der Waals surface area contributed by atoms with E-state index in [0.717, 1.165) is 18.9 Å². The lowest BCUT2D eigenvalue weighted by Crippen LogP contribution is -2.47. The van der Waals surface area contributed by atoms with Crippen LogP contribution in [-0.2, 0) is 6.42 Å². The number of guanidine groups is 1. The molecule has 0 aliphatic heterocycles. The van der Waals surface area contributed by atoms with E-state index in [0.29, 0.717) is 6.04 Å². The van der Waals surface area contributed by atoms with Crippen molar-refractivity contribution in [2.75, 3.05) is 20.6 Å². The van der Waals surface area contributed by atoms with E-state index in [1.165, 1.54) is 24.1 Å². The minimum atomic E-state index is 0.651. The summed E-state index contributed by atoms with van der Waals surface area (Å²) in [5.41, 5.74) is 0. The molecule has 0 radical (unpaired) electrons. The topological polar surface area (TPSA) is 27.6 Å². The Labute approximate surface area is 108 Å². The predicted molar refractivity (Wildman–Crippen MR) is 74.8 cm³/mol. The number of hydrogen-bond donors (Lipinski definition) is 1. The van der Waals surface area contributed by atoms with Crippen LogP contribution in [0.4, 0.5) is 0 Å². The Morgan fingerprint density at radius 3 is 2.94 bits per heavy atom. The van der Waals surface area contributed by atoms with E-state index >= 15 is 0 Å². The molecule has 1 N–H and O–H groups in total. The summed E-state index contributed by atoms with van der Waals surface area (Å²) in [6, 6.07) is 4.96. The Morgan fingerprint density at radius 2 is 2.41 bits per heavy atom. The first kappa shape index (κ1) is 12.4. The van der Waals surface area contributed by atoms with Gasteiger partial charge in [0.1, 0.15) is 0 Å². The van der Waals surface area contributed by atoms with Crippen LogP contribution in [0.2, 0.25) is 0 Å². The first-order chi connectivity index (χ1) is 8.29. The molecule has 3 nitrogen and oxygen atoms in total. The minimum absolute atomic E-state index is 0.651. The summed E-state index contributed by atoms with van der Waals surface area (Å²) in [5, 5.41) is 5.65. The van der Waals surface area contributed by atoms with E-state index in [1.54, 1.807) is 0 Å². The van der Waals surface area contributed by atoms with Gasteiger partial charge in [-0.25, -0.2) is 0 Å². The van der Waals surface area contributed by atoms with Crippen LogP contribution >= 0.6 is 11.3 Å². The van der Waals surface area contributed by atoms with Crippen molar-refractivity contribution in [1.82, 2.24) is 10.2 Å². The molecule has 0 saturated heterocycles. The fraction of sp³-hybridized carbons (Fsp3) is 0.615. The van der Waals surface area contributed by atoms with E-state index in [-0.39, 0.29) is 0 Å². The van der Waals surface area contributed by atoms with Crippen LogP contribution in [-0.4, -0.2) is 37.5 Å². The number of aliphatic imine (C=N–C) groups is 1. The monoisotopic (exact) mass is 251 g/mol. The van der Waals surface area contributed by atoms with Crippen molar-refractivity contribution in [2.24, 2.45) is 4.99 Å². The van der Waals surface area contributed by atoms with E-state index in [2.05, 4.69) is 39.8 Å². The molecule has 1 heterocycles. The molecule has 4 heteroatoms. The van der Waals surface area contributed by atoms with Crippen molar-refractivity contribution >= 4 is 17.3 Å². The smallest absolute Gasteiger partial charge is 0.193 e. The second-order valence-corrected chi connectivity index (χ2v) is 5.60. The van der Waals surface area contributed by atoms with Crippen molar-refractivity contribution in [1.29, 1.82) is 0 Å². The molecule has 1 saturated carbocycles. The van der Waals surface area contributed by atoms with Gasteiger partial charge in [0.15, 0.2) is 5.96 Å². The molecule has 0 atom stereocenters. The van der Waals surface area contributed by atoms with E-state index in [1.807, 2.05) is 18.4 Å². The highest BCUT2D eigenvalue weighted by Gasteiger charge is 2.19. The van der Waals surface area contributed by atoms with Crippen molar-refractivity contribution < 1.29 is 0 Å². The van der Waals surface area contributed by atoms with Gasteiger partial charge >= 0.3 is 0 Å². The summed E-state index contributed by atoms with van der Waals surface area (Å²) in [5.74, 6) is 1.03. The van der Waals surface area contributed by atoms with Crippen molar-refractivity contribution in [2.45, 2.75) is 31.7 Å². The summed E-state index contributed by atoms with van der Waals surface area (Å²) in [7, 11) is 3.98. The third-order valence-corrected chi connectivity index (χ3v) is 4.22. The van der Waals surface area contributed by atoms with Crippen LogP contribution in [0.3, 0.4) is 0 Å². The molecule has 0 spiro atoms. The number of thiophene rings is 1. The summed E-state index contributed by atoms with van der Waals surface area (Å²) in [6.07, 6.45) is 5.03. The van der Waals surface area contributed by atoms with Crippen molar-refractivity contribution in [3.8, 4) is 0 Å². The molecule has 1 aliphatic rings. The standard InChI is InChI=1S/C13H21N3S/c1-14-13(15-11-5-3-6-11)16(2)9-8-12-7-4-10-17-12/h4,7,10-11H,3,5-6,8-9H2,1-2H3,(H,14,15). The van der Waals surface area contributed by atoms with Crippen LogP contribution in [0.5, 0.6) is 0 Å². The molecule has 0 unspecified atom stereocenters. The zero-order valence-corrected chi connectivity index (χ0v) is 11.5. The molecule has 0 amide bonds. The zero-order valence-electron chi connectivity index (χ0n) is 10.6. The number of nitrogens with zero attached hydrogens (tertiary/aromatic N) is 2. The van der Waals surface area contributed by atoms with Crippen LogP contribution in [0.15, 0.2) is 22.5 Å². The maximum atomic E-state index is 4.34. The molecule has 1 aromatic heterocycles. The number of hydrogen-bond acceptors (Lipinski definition) is 2. The van der Waals surface area contributed by atoms with Gasteiger partial charge in [0.25, 0.3) is 0 Å². The highest BCUT2D eigenvalue weighted by molar-refractivity contribution is 7.09. The van der Waals surface area contributed by atoms with Gasteiger partial charge in [0.05, 0.1) is 0 Å². The van der Waals surface area contributed by atoms with E-state index in [9.17, 15) is 0 Å². The minimum Gasteiger partial charge on any atom is -0.354 e. The van der Waals surface area contributed by atoms with Gasteiger partial charge in [0.2, 0.25) is 0 Å². The average molecular weight is 251 g/mol. The van der Waals surface area contributed by atoms with Crippen LogP contribution in [0.1, 0.15) is 24.1 Å². The zero-order chi connectivity index (χ0) is 12.1. The molecule has 1 aliphatic carbocycles. The molecule has 1 aromatic rings. The molecule has 94 valence electrons. The summed E-state index contributed by atoms with van der Waals surface area (Å²) in [4.78, 5) is 8.01. The largest absolute Gasteiger partial charge is 0.354 e. The normalized spacial score (nSPS) is 16.7. The Bertz CT molecular complexity index is 355.